The Hall–Kier alpha value is -0.860. The molecule has 0 heterocycles. The second-order valence-corrected chi connectivity index (χ2v) is 4.81. The molecule has 1 atom stereocenters. The van der Waals surface area contributed by atoms with E-state index in [-0.39, 0.29) is 23.0 Å². The molecular weight excluding hydrogens is 190 g/mol. The van der Waals surface area contributed by atoms with Crippen LogP contribution in [0, 0.1) is 11.3 Å². The molecule has 0 saturated heterocycles. The summed E-state index contributed by atoms with van der Waals surface area (Å²) in [5, 5.41) is 2.79. The van der Waals surface area contributed by atoms with Crippen LogP contribution in [0.4, 0.5) is 0 Å². The normalized spacial score (nSPS) is 13.4. The number of carbonyl (C=O) groups is 2. The number of carbonyl (C=O) groups excluding carboxylic acids is 2. The van der Waals surface area contributed by atoms with Crippen molar-refractivity contribution in [3.05, 3.63) is 0 Å². The third kappa shape index (κ3) is 4.96. The molecule has 3 nitrogen and oxygen atoms in total. The van der Waals surface area contributed by atoms with E-state index >= 15 is 0 Å². The van der Waals surface area contributed by atoms with Crippen molar-refractivity contribution in [2.75, 3.05) is 6.54 Å². The SMILES string of the molecule is CCC(C)(C)C(C)C(=O)NCCC(C)=O. The molecule has 1 unspecified atom stereocenters. The summed E-state index contributed by atoms with van der Waals surface area (Å²) in [5.74, 6) is 0.135. The number of rotatable bonds is 6. The molecular formula is C12H23NO2. The van der Waals surface area contributed by atoms with Crippen LogP contribution in [0.2, 0.25) is 0 Å². The van der Waals surface area contributed by atoms with E-state index in [0.29, 0.717) is 13.0 Å². The largest absolute Gasteiger partial charge is 0.355 e. The van der Waals surface area contributed by atoms with Crippen molar-refractivity contribution >= 4 is 11.7 Å². The Morgan fingerprint density at radius 1 is 1.33 bits per heavy atom. The third-order valence-corrected chi connectivity index (χ3v) is 3.25. The van der Waals surface area contributed by atoms with Gasteiger partial charge < -0.3 is 5.32 Å². The molecule has 88 valence electrons. The molecule has 0 bridgehead atoms. The van der Waals surface area contributed by atoms with Gasteiger partial charge in [0.1, 0.15) is 5.78 Å². The summed E-state index contributed by atoms with van der Waals surface area (Å²) >= 11 is 0. The molecule has 15 heavy (non-hydrogen) atoms. The first-order chi connectivity index (χ1) is 6.81. The zero-order valence-electron chi connectivity index (χ0n) is 10.5. The minimum Gasteiger partial charge on any atom is -0.355 e. The third-order valence-electron chi connectivity index (χ3n) is 3.25. The standard InChI is InChI=1S/C12H23NO2/c1-6-12(4,5)10(3)11(15)13-8-7-9(2)14/h10H,6-8H2,1-5H3,(H,13,15). The number of hydrogen-bond acceptors (Lipinski definition) is 2. The van der Waals surface area contributed by atoms with Crippen LogP contribution < -0.4 is 5.32 Å². The van der Waals surface area contributed by atoms with Crippen LogP contribution >= 0.6 is 0 Å². The van der Waals surface area contributed by atoms with Crippen molar-refractivity contribution in [2.45, 2.75) is 47.5 Å². The summed E-state index contributed by atoms with van der Waals surface area (Å²) in [6, 6.07) is 0. The van der Waals surface area contributed by atoms with Gasteiger partial charge in [-0.1, -0.05) is 34.1 Å². The van der Waals surface area contributed by atoms with Gasteiger partial charge in [-0.2, -0.15) is 0 Å². The minimum atomic E-state index is -0.0190. The summed E-state index contributed by atoms with van der Waals surface area (Å²) in [7, 11) is 0. The van der Waals surface area contributed by atoms with Crippen molar-refractivity contribution in [1.82, 2.24) is 5.32 Å². The highest BCUT2D eigenvalue weighted by atomic mass is 16.2. The molecule has 1 amide bonds. The van der Waals surface area contributed by atoms with E-state index in [2.05, 4.69) is 26.1 Å². The lowest BCUT2D eigenvalue weighted by molar-refractivity contribution is -0.128. The van der Waals surface area contributed by atoms with E-state index in [1.807, 2.05) is 6.92 Å². The molecule has 1 N–H and O–H groups in total. The minimum absolute atomic E-state index is 0.0142. The molecule has 0 saturated carbocycles. The molecule has 0 aliphatic heterocycles. The van der Waals surface area contributed by atoms with E-state index in [0.717, 1.165) is 6.42 Å². The van der Waals surface area contributed by atoms with E-state index in [9.17, 15) is 9.59 Å². The molecule has 0 spiro atoms. The molecule has 0 rings (SSSR count). The van der Waals surface area contributed by atoms with Crippen molar-refractivity contribution in [3.63, 3.8) is 0 Å². The van der Waals surface area contributed by atoms with Crippen LogP contribution in [-0.2, 0) is 9.59 Å². The zero-order chi connectivity index (χ0) is 12.1. The van der Waals surface area contributed by atoms with E-state index in [1.165, 1.54) is 6.92 Å². The number of ketones is 1. The molecule has 0 radical (unpaired) electrons. The van der Waals surface area contributed by atoms with Crippen molar-refractivity contribution in [1.29, 1.82) is 0 Å². The maximum Gasteiger partial charge on any atom is 0.223 e. The number of hydrogen-bond donors (Lipinski definition) is 1. The fourth-order valence-electron chi connectivity index (χ4n) is 1.18. The fourth-order valence-corrected chi connectivity index (χ4v) is 1.18. The Kier molecular flexibility index (Phi) is 5.55. The number of Topliss-reactive ketones (excluding diaryl/α,β-unsaturated/α-hetero) is 1. The first kappa shape index (κ1) is 14.1. The monoisotopic (exact) mass is 213 g/mol. The summed E-state index contributed by atoms with van der Waals surface area (Å²) in [4.78, 5) is 22.4. The van der Waals surface area contributed by atoms with Crippen molar-refractivity contribution in [2.24, 2.45) is 11.3 Å². The van der Waals surface area contributed by atoms with Crippen LogP contribution in [0.3, 0.4) is 0 Å². The van der Waals surface area contributed by atoms with Gasteiger partial charge in [-0.05, 0) is 12.3 Å². The average molecular weight is 213 g/mol. The van der Waals surface area contributed by atoms with Gasteiger partial charge in [-0.15, -0.1) is 0 Å². The number of nitrogens with one attached hydrogen (secondary N) is 1. The maximum absolute atomic E-state index is 11.7. The lowest BCUT2D eigenvalue weighted by Gasteiger charge is -2.29. The summed E-state index contributed by atoms with van der Waals surface area (Å²) in [6.07, 6.45) is 1.39. The Balaban J connectivity index is 4.05. The van der Waals surface area contributed by atoms with Crippen LogP contribution in [0.15, 0.2) is 0 Å². The highest BCUT2D eigenvalue weighted by Crippen LogP contribution is 2.29. The molecule has 0 fully saturated rings. The topological polar surface area (TPSA) is 46.2 Å². The first-order valence-electron chi connectivity index (χ1n) is 5.58. The zero-order valence-corrected chi connectivity index (χ0v) is 10.5. The van der Waals surface area contributed by atoms with E-state index in [1.54, 1.807) is 0 Å². The van der Waals surface area contributed by atoms with Crippen LogP contribution in [0.1, 0.15) is 47.5 Å². The predicted molar refractivity (Wildman–Crippen MR) is 61.5 cm³/mol. The van der Waals surface area contributed by atoms with Crippen LogP contribution in [0.5, 0.6) is 0 Å². The Morgan fingerprint density at radius 2 is 1.87 bits per heavy atom. The van der Waals surface area contributed by atoms with Crippen molar-refractivity contribution in [3.8, 4) is 0 Å². The van der Waals surface area contributed by atoms with Gasteiger partial charge in [0, 0.05) is 18.9 Å². The van der Waals surface area contributed by atoms with Crippen LogP contribution in [-0.4, -0.2) is 18.2 Å². The van der Waals surface area contributed by atoms with Crippen molar-refractivity contribution < 1.29 is 9.59 Å². The average Bonchev–Trinajstić information content (AvgIpc) is 2.15. The quantitative estimate of drug-likeness (QED) is 0.735. The summed E-state index contributed by atoms with van der Waals surface area (Å²) in [5.41, 5.74) is 0.0142. The molecule has 0 aromatic carbocycles. The van der Waals surface area contributed by atoms with E-state index in [4.69, 9.17) is 0 Å². The van der Waals surface area contributed by atoms with Gasteiger partial charge in [0.25, 0.3) is 0 Å². The Bertz CT molecular complexity index is 234. The van der Waals surface area contributed by atoms with Gasteiger partial charge >= 0.3 is 0 Å². The van der Waals surface area contributed by atoms with Gasteiger partial charge in [0.05, 0.1) is 0 Å². The Labute approximate surface area is 92.6 Å². The molecule has 0 aromatic heterocycles. The molecule has 3 heteroatoms. The lowest BCUT2D eigenvalue weighted by Crippen LogP contribution is -2.38. The molecule has 0 aliphatic rings. The highest BCUT2D eigenvalue weighted by molar-refractivity contribution is 5.80. The molecule has 0 aromatic rings. The summed E-state index contributed by atoms with van der Waals surface area (Å²) < 4.78 is 0. The lowest BCUT2D eigenvalue weighted by atomic mass is 9.77. The molecule has 0 aliphatic carbocycles. The van der Waals surface area contributed by atoms with Gasteiger partial charge in [0.15, 0.2) is 0 Å². The first-order valence-corrected chi connectivity index (χ1v) is 5.58. The fraction of sp³-hybridized carbons (Fsp3) is 0.833. The summed E-state index contributed by atoms with van der Waals surface area (Å²) in [6.45, 7) is 10.2. The smallest absolute Gasteiger partial charge is 0.223 e. The second-order valence-electron chi connectivity index (χ2n) is 4.81. The van der Waals surface area contributed by atoms with E-state index < -0.39 is 0 Å². The van der Waals surface area contributed by atoms with Crippen LogP contribution in [0.25, 0.3) is 0 Å². The van der Waals surface area contributed by atoms with Gasteiger partial charge in [-0.25, -0.2) is 0 Å². The number of amides is 1. The maximum atomic E-state index is 11.7. The highest BCUT2D eigenvalue weighted by Gasteiger charge is 2.29. The Morgan fingerprint density at radius 3 is 2.27 bits per heavy atom. The van der Waals surface area contributed by atoms with Gasteiger partial charge in [-0.3, -0.25) is 9.59 Å². The predicted octanol–water partition coefficient (Wildman–Crippen LogP) is 2.15. The second kappa shape index (κ2) is 5.89. The van der Waals surface area contributed by atoms with Gasteiger partial charge in [0.2, 0.25) is 5.91 Å².